The van der Waals surface area contributed by atoms with Crippen LogP contribution in [0.1, 0.15) is 74.4 Å². The molecule has 1 aromatic carbocycles. The van der Waals surface area contributed by atoms with E-state index in [0.717, 1.165) is 49.0 Å². The lowest BCUT2D eigenvalue weighted by Gasteiger charge is -2.55. The number of ether oxygens (including phenoxy) is 1. The summed E-state index contributed by atoms with van der Waals surface area (Å²) in [6, 6.07) is 10.3. The molecule has 5 heterocycles. The number of aromatic nitrogens is 3. The van der Waals surface area contributed by atoms with Crippen LogP contribution in [0.2, 0.25) is 0 Å². The first-order valence-corrected chi connectivity index (χ1v) is 12.7. The van der Waals surface area contributed by atoms with Crippen molar-refractivity contribution < 1.29 is 14.4 Å². The van der Waals surface area contributed by atoms with Gasteiger partial charge in [0.1, 0.15) is 5.60 Å². The van der Waals surface area contributed by atoms with E-state index in [0.29, 0.717) is 23.7 Å². The van der Waals surface area contributed by atoms with Crippen molar-refractivity contribution >= 4 is 0 Å². The van der Waals surface area contributed by atoms with Crippen molar-refractivity contribution in [2.24, 2.45) is 5.41 Å². The lowest BCUT2D eigenvalue weighted by molar-refractivity contribution is -0.127. The van der Waals surface area contributed by atoms with E-state index in [2.05, 4.69) is 67.1 Å². The molecular formula is C28H34N4O3. The third kappa shape index (κ3) is 3.63. The summed E-state index contributed by atoms with van der Waals surface area (Å²) < 4.78 is 11.7. The van der Waals surface area contributed by atoms with E-state index in [1.807, 2.05) is 6.07 Å². The van der Waals surface area contributed by atoms with Gasteiger partial charge in [-0.05, 0) is 49.4 Å². The Morgan fingerprint density at radius 2 is 1.89 bits per heavy atom. The van der Waals surface area contributed by atoms with Gasteiger partial charge in [0.05, 0.1) is 23.7 Å². The normalized spacial score (nSPS) is 27.2. The van der Waals surface area contributed by atoms with Crippen molar-refractivity contribution in [2.75, 3.05) is 20.1 Å². The molecule has 0 radical (unpaired) electrons. The van der Waals surface area contributed by atoms with Crippen molar-refractivity contribution in [2.45, 2.75) is 69.7 Å². The van der Waals surface area contributed by atoms with E-state index in [9.17, 15) is 5.11 Å². The van der Waals surface area contributed by atoms with Gasteiger partial charge in [0, 0.05) is 36.5 Å². The van der Waals surface area contributed by atoms with E-state index in [-0.39, 0.29) is 17.4 Å². The molecule has 0 saturated carbocycles. The zero-order valence-corrected chi connectivity index (χ0v) is 20.9. The van der Waals surface area contributed by atoms with Crippen LogP contribution in [0, 0.1) is 5.41 Å². The van der Waals surface area contributed by atoms with Gasteiger partial charge in [-0.3, -0.25) is 4.98 Å². The highest BCUT2D eigenvalue weighted by Crippen LogP contribution is 2.50. The van der Waals surface area contributed by atoms with Crippen LogP contribution in [0.15, 0.2) is 47.2 Å². The van der Waals surface area contributed by atoms with Gasteiger partial charge in [0.25, 0.3) is 5.89 Å². The van der Waals surface area contributed by atoms with Crippen LogP contribution in [0.4, 0.5) is 0 Å². The molecule has 184 valence electrons. The van der Waals surface area contributed by atoms with Crippen LogP contribution in [0.25, 0.3) is 11.5 Å². The maximum Gasteiger partial charge on any atom is 0.259 e. The van der Waals surface area contributed by atoms with Gasteiger partial charge in [-0.1, -0.05) is 50.2 Å². The summed E-state index contributed by atoms with van der Waals surface area (Å²) in [7, 11) is 2.08. The Balaban J connectivity index is 1.37. The summed E-state index contributed by atoms with van der Waals surface area (Å²) >= 11 is 0. The van der Waals surface area contributed by atoms with Gasteiger partial charge in [-0.25, -0.2) is 0 Å². The minimum Gasteiger partial charge on any atom is -0.380 e. The Morgan fingerprint density at radius 3 is 2.51 bits per heavy atom. The lowest BCUT2D eigenvalue weighted by atomic mass is 9.62. The summed E-state index contributed by atoms with van der Waals surface area (Å²) in [6.45, 7) is 8.08. The van der Waals surface area contributed by atoms with Crippen molar-refractivity contribution in [3.63, 3.8) is 0 Å². The predicted molar refractivity (Wildman–Crippen MR) is 132 cm³/mol. The fourth-order valence-electron chi connectivity index (χ4n) is 6.51. The molecule has 6 rings (SSSR count). The van der Waals surface area contributed by atoms with Crippen molar-refractivity contribution in [1.29, 1.82) is 0 Å². The Morgan fingerprint density at radius 1 is 1.11 bits per heavy atom. The number of pyridine rings is 1. The molecule has 35 heavy (non-hydrogen) atoms. The van der Waals surface area contributed by atoms with Gasteiger partial charge in [0.2, 0.25) is 0 Å². The number of nitrogens with zero attached hydrogens (tertiary/aromatic N) is 4. The summed E-state index contributed by atoms with van der Waals surface area (Å²) in [6.07, 6.45) is 7.17. The van der Waals surface area contributed by atoms with Crippen molar-refractivity contribution in [1.82, 2.24) is 20.0 Å². The number of hydrogen-bond donors (Lipinski definition) is 1. The molecule has 0 spiro atoms. The summed E-state index contributed by atoms with van der Waals surface area (Å²) in [5.74, 6) is 1.78. The number of fused-ring (bicyclic) bond motifs is 2. The summed E-state index contributed by atoms with van der Waals surface area (Å²) in [4.78, 5) is 11.5. The third-order valence-corrected chi connectivity index (χ3v) is 8.39. The predicted octanol–water partition coefficient (Wildman–Crippen LogP) is 4.48. The van der Waals surface area contributed by atoms with Crippen molar-refractivity contribution in [3.05, 3.63) is 65.2 Å². The van der Waals surface area contributed by atoms with E-state index in [1.54, 1.807) is 12.4 Å². The fraction of sp³-hybridized carbons (Fsp3) is 0.536. The molecule has 3 fully saturated rings. The molecule has 7 nitrogen and oxygen atoms in total. The quantitative estimate of drug-likeness (QED) is 0.564. The third-order valence-electron chi connectivity index (χ3n) is 8.39. The van der Waals surface area contributed by atoms with E-state index in [1.165, 1.54) is 5.56 Å². The first-order valence-electron chi connectivity index (χ1n) is 12.7. The molecule has 7 heteroatoms. The molecule has 0 unspecified atom stereocenters. The summed E-state index contributed by atoms with van der Waals surface area (Å²) in [5.41, 5.74) is 2.02. The topological polar surface area (TPSA) is 84.5 Å². The molecule has 0 aliphatic carbocycles. The smallest absolute Gasteiger partial charge is 0.259 e. The standard InChI is InChI=1S/C28H34N4O3/c1-17(2)18-5-7-20(8-6-18)28(33,27(3)15-32(4)16-27)21-11-19(13-29-14-21)26-30-25(31-35-26)23-12-22-9-10-24(23)34-22/h5-8,11,13-14,17,22-24,33H,9-10,12,15-16H2,1-4H3/t22-,23-,24+,28+/m1/s1. The first kappa shape index (κ1) is 22.8. The van der Waals surface area contributed by atoms with Crippen LogP contribution in [-0.4, -0.2) is 57.5 Å². The Labute approximate surface area is 206 Å². The van der Waals surface area contributed by atoms with Gasteiger partial charge in [-0.2, -0.15) is 4.98 Å². The minimum atomic E-state index is -1.21. The second-order valence-corrected chi connectivity index (χ2v) is 11.4. The highest BCUT2D eigenvalue weighted by atomic mass is 16.5. The minimum absolute atomic E-state index is 0.197. The molecule has 0 amide bonds. The SMILES string of the molecule is CC(C)c1ccc([C@](O)(c2cncc(-c3nc([C@@H]4C[C@H]5CC[C@@H]4O5)no3)c2)C2(C)CN(C)C2)cc1. The van der Waals surface area contributed by atoms with Crippen LogP contribution in [0.3, 0.4) is 0 Å². The van der Waals surface area contributed by atoms with Gasteiger partial charge >= 0.3 is 0 Å². The first-order chi connectivity index (χ1) is 16.8. The number of aliphatic hydroxyl groups is 1. The maximum absolute atomic E-state index is 12.5. The van der Waals surface area contributed by atoms with Crippen LogP contribution in [-0.2, 0) is 10.3 Å². The molecule has 1 N–H and O–H groups in total. The molecule has 3 aromatic rings. The van der Waals surface area contributed by atoms with Gasteiger partial charge < -0.3 is 19.3 Å². The van der Waals surface area contributed by atoms with Gasteiger partial charge in [0.15, 0.2) is 5.82 Å². The molecule has 2 bridgehead atoms. The highest BCUT2D eigenvalue weighted by molar-refractivity contribution is 5.55. The van der Waals surface area contributed by atoms with E-state index in [4.69, 9.17) is 14.2 Å². The molecule has 3 aliphatic heterocycles. The monoisotopic (exact) mass is 474 g/mol. The average molecular weight is 475 g/mol. The summed E-state index contributed by atoms with van der Waals surface area (Å²) in [5, 5.41) is 16.7. The molecule has 2 aromatic heterocycles. The number of likely N-dealkylation sites (tertiary alicyclic amines) is 1. The number of benzene rings is 1. The maximum atomic E-state index is 12.5. The molecule has 3 saturated heterocycles. The zero-order chi connectivity index (χ0) is 24.4. The van der Waals surface area contributed by atoms with E-state index < -0.39 is 5.60 Å². The fourth-order valence-corrected chi connectivity index (χ4v) is 6.51. The second kappa shape index (κ2) is 8.22. The Hall–Kier alpha value is -2.61. The van der Waals surface area contributed by atoms with E-state index >= 15 is 0 Å². The molecule has 3 aliphatic rings. The van der Waals surface area contributed by atoms with Crippen LogP contribution < -0.4 is 0 Å². The van der Waals surface area contributed by atoms with Crippen LogP contribution in [0.5, 0.6) is 0 Å². The molecule has 4 atom stereocenters. The highest BCUT2D eigenvalue weighted by Gasteiger charge is 2.55. The largest absolute Gasteiger partial charge is 0.380 e. The number of hydrogen-bond acceptors (Lipinski definition) is 7. The lowest BCUT2D eigenvalue weighted by Crippen LogP contribution is -2.63. The van der Waals surface area contributed by atoms with Crippen LogP contribution >= 0.6 is 0 Å². The Bertz CT molecular complexity index is 1220. The molecular weight excluding hydrogens is 440 g/mol. The van der Waals surface area contributed by atoms with Crippen molar-refractivity contribution in [3.8, 4) is 11.5 Å². The zero-order valence-electron chi connectivity index (χ0n) is 20.9. The second-order valence-electron chi connectivity index (χ2n) is 11.4. The number of rotatable bonds is 6. The average Bonchev–Trinajstić information content (AvgIpc) is 3.60. The van der Waals surface area contributed by atoms with Gasteiger partial charge in [-0.15, -0.1) is 0 Å². The Kier molecular flexibility index (Phi) is 5.36.